The molecule has 0 N–H and O–H groups in total. The zero-order chi connectivity index (χ0) is 40.9. The molecule has 0 saturated heterocycles. The van der Waals surface area contributed by atoms with Crippen molar-refractivity contribution >= 4 is 53.3 Å². The van der Waals surface area contributed by atoms with Crippen molar-refractivity contribution < 1.29 is 12.3 Å². The van der Waals surface area contributed by atoms with E-state index in [1.807, 2.05) is 78.9 Å². The molecule has 3 heterocycles. The molecule has 0 aliphatic heterocycles. The van der Waals surface area contributed by atoms with Crippen molar-refractivity contribution in [1.29, 1.82) is 0 Å². The van der Waals surface area contributed by atoms with Gasteiger partial charge in [0.05, 0.1) is 23.4 Å². The highest BCUT2D eigenvalue weighted by molar-refractivity contribution is 7.25. The van der Waals surface area contributed by atoms with E-state index in [1.54, 1.807) is 34.1 Å². The first-order chi connectivity index (χ1) is 28.5. The van der Waals surface area contributed by atoms with Crippen LogP contribution in [-0.2, 0) is 0 Å². The number of nitrogens with zero attached hydrogens (tertiary/aromatic N) is 4. The van der Waals surface area contributed by atoms with Crippen LogP contribution in [0.2, 0.25) is 0 Å². The molecule has 0 aliphatic carbocycles. The molecule has 10 rings (SSSR count). The van der Waals surface area contributed by atoms with Crippen LogP contribution in [0.5, 0.6) is 0 Å². The van der Waals surface area contributed by atoms with E-state index in [2.05, 4.69) is 18.2 Å². The third-order valence-electron chi connectivity index (χ3n) is 8.88. The quantitative estimate of drug-likeness (QED) is 0.184. The topological polar surface area (TPSA) is 43.6 Å². The highest BCUT2D eigenvalue weighted by Crippen LogP contribution is 2.40. The average Bonchev–Trinajstić information content (AvgIpc) is 3.83. The Kier molecular flexibility index (Phi) is 4.84. The fourth-order valence-electron chi connectivity index (χ4n) is 6.60. The molecule has 3 aromatic heterocycles. The number of rotatable bonds is 5. The van der Waals surface area contributed by atoms with Crippen LogP contribution in [0.3, 0.4) is 0 Å². The van der Waals surface area contributed by atoms with Gasteiger partial charge >= 0.3 is 0 Å². The first-order valence-electron chi connectivity index (χ1n) is 20.5. The summed E-state index contributed by atoms with van der Waals surface area (Å²) in [6.07, 6.45) is 0. The molecular formula is C45H28N4S. The summed E-state index contributed by atoms with van der Waals surface area (Å²) in [6, 6.07) is 33.1. The van der Waals surface area contributed by atoms with Crippen molar-refractivity contribution in [3.63, 3.8) is 0 Å². The monoisotopic (exact) mass is 665 g/mol. The van der Waals surface area contributed by atoms with Crippen LogP contribution in [0.4, 0.5) is 0 Å². The van der Waals surface area contributed by atoms with E-state index in [9.17, 15) is 0 Å². The van der Waals surface area contributed by atoms with Gasteiger partial charge in [-0.15, -0.1) is 11.3 Å². The number of thiophene rings is 1. The van der Waals surface area contributed by atoms with Gasteiger partial charge in [-0.3, -0.25) is 0 Å². The minimum Gasteiger partial charge on any atom is -0.309 e. The predicted molar refractivity (Wildman–Crippen MR) is 209 cm³/mol. The number of para-hydroxylation sites is 1. The highest BCUT2D eigenvalue weighted by Gasteiger charge is 2.18. The first kappa shape index (κ1) is 20.8. The summed E-state index contributed by atoms with van der Waals surface area (Å²) in [4.78, 5) is 15.0. The number of benzene rings is 7. The van der Waals surface area contributed by atoms with Crippen molar-refractivity contribution in [3.8, 4) is 51.0 Å². The Morgan fingerprint density at radius 3 is 1.98 bits per heavy atom. The highest BCUT2D eigenvalue weighted by atomic mass is 32.1. The predicted octanol–water partition coefficient (Wildman–Crippen LogP) is 12.0. The Labute approximate surface area is 305 Å². The minimum atomic E-state index is -0.503. The summed E-state index contributed by atoms with van der Waals surface area (Å²) in [5.74, 6) is 1.49. The van der Waals surface area contributed by atoms with Crippen molar-refractivity contribution in [3.05, 3.63) is 170 Å². The molecule has 0 aliphatic rings. The zero-order valence-electron chi connectivity index (χ0n) is 35.2. The largest absolute Gasteiger partial charge is 0.309 e. The van der Waals surface area contributed by atoms with E-state index in [-0.39, 0.29) is 40.6 Å². The van der Waals surface area contributed by atoms with Gasteiger partial charge in [-0.25, -0.2) is 15.0 Å². The number of hydrogen-bond acceptors (Lipinski definition) is 4. The van der Waals surface area contributed by atoms with Gasteiger partial charge in [0.25, 0.3) is 0 Å². The van der Waals surface area contributed by atoms with E-state index in [0.717, 1.165) is 26.6 Å². The Bertz CT molecular complexity index is 3350. The Morgan fingerprint density at radius 1 is 0.460 bits per heavy atom. The minimum absolute atomic E-state index is 0.000924. The molecule has 0 amide bonds. The van der Waals surface area contributed by atoms with Crippen LogP contribution >= 0.6 is 11.3 Å². The summed E-state index contributed by atoms with van der Waals surface area (Å²) in [5, 5.41) is 2.88. The summed E-state index contributed by atoms with van der Waals surface area (Å²) < 4.78 is 80.8. The van der Waals surface area contributed by atoms with Crippen LogP contribution in [0.1, 0.15) is 12.3 Å². The summed E-state index contributed by atoms with van der Waals surface area (Å²) in [6.45, 7) is 0. The van der Waals surface area contributed by atoms with Crippen LogP contribution in [0, 0.1) is 0 Å². The number of hydrogen-bond donors (Lipinski definition) is 0. The molecule has 10 aromatic rings. The van der Waals surface area contributed by atoms with Gasteiger partial charge in [-0.05, 0) is 65.7 Å². The Hall–Kier alpha value is -6.43. The molecule has 0 radical (unpaired) electrons. The number of fused-ring (bicyclic) bond motifs is 6. The van der Waals surface area contributed by atoms with E-state index in [1.165, 1.54) is 4.70 Å². The molecular weight excluding hydrogens is 629 g/mol. The van der Waals surface area contributed by atoms with E-state index >= 15 is 0 Å². The summed E-state index contributed by atoms with van der Waals surface area (Å²) in [7, 11) is 0. The molecule has 0 bridgehead atoms. The van der Waals surface area contributed by atoms with E-state index in [4.69, 9.17) is 27.3 Å². The lowest BCUT2D eigenvalue weighted by Gasteiger charge is -2.11. The van der Waals surface area contributed by atoms with Gasteiger partial charge < -0.3 is 4.57 Å². The third-order valence-corrected chi connectivity index (χ3v) is 10.0. The summed E-state index contributed by atoms with van der Waals surface area (Å²) >= 11 is 1.72. The second kappa shape index (κ2) is 11.6. The second-order valence-electron chi connectivity index (χ2n) is 11.8. The van der Waals surface area contributed by atoms with E-state index < -0.39 is 30.2 Å². The SMILES string of the molecule is [2H]c1c([2H])c([2H])c(-c2ccc3c(c2)c2c([2H])c([2H])c([2H])c([2H])c2n3-c2ccc(-c3nc(-c4ccccc4)nc(-c4cccc5sc6ccccc6c45)n3)cc2)c([2H])c1[2H]. The molecule has 7 aromatic carbocycles. The van der Waals surface area contributed by atoms with Crippen LogP contribution < -0.4 is 0 Å². The zero-order valence-corrected chi connectivity index (χ0v) is 27.0. The van der Waals surface area contributed by atoms with Crippen LogP contribution in [0.15, 0.2) is 170 Å². The van der Waals surface area contributed by atoms with Gasteiger partial charge in [0.15, 0.2) is 17.5 Å². The maximum Gasteiger partial charge on any atom is 0.164 e. The lowest BCUT2D eigenvalue weighted by Crippen LogP contribution is -2.01. The van der Waals surface area contributed by atoms with Gasteiger partial charge in [0.2, 0.25) is 0 Å². The molecule has 5 heteroatoms. The summed E-state index contributed by atoms with van der Waals surface area (Å²) in [5.41, 5.74) is 4.12. The third kappa shape index (κ3) is 4.71. The van der Waals surface area contributed by atoms with E-state index in [0.29, 0.717) is 45.2 Å². The second-order valence-corrected chi connectivity index (χ2v) is 12.9. The molecule has 234 valence electrons. The number of aromatic nitrogens is 4. The van der Waals surface area contributed by atoms with Gasteiger partial charge in [-0.2, -0.15) is 0 Å². The molecule has 0 spiro atoms. The van der Waals surface area contributed by atoms with Gasteiger partial charge in [0.1, 0.15) is 0 Å². The smallest absolute Gasteiger partial charge is 0.164 e. The van der Waals surface area contributed by atoms with Crippen molar-refractivity contribution in [2.45, 2.75) is 0 Å². The lowest BCUT2D eigenvalue weighted by atomic mass is 10.0. The Morgan fingerprint density at radius 2 is 1.14 bits per heavy atom. The maximum atomic E-state index is 9.03. The molecule has 50 heavy (non-hydrogen) atoms. The molecule has 0 fully saturated rings. The van der Waals surface area contributed by atoms with Crippen molar-refractivity contribution in [2.24, 2.45) is 0 Å². The fraction of sp³-hybridized carbons (Fsp3) is 0. The first-order valence-corrected chi connectivity index (χ1v) is 16.8. The maximum absolute atomic E-state index is 9.03. The van der Waals surface area contributed by atoms with Crippen LogP contribution in [0.25, 0.3) is 93.0 Å². The molecule has 4 nitrogen and oxygen atoms in total. The Balaban J connectivity index is 1.16. The lowest BCUT2D eigenvalue weighted by molar-refractivity contribution is 1.07. The molecule has 0 atom stereocenters. The molecule has 0 saturated carbocycles. The van der Waals surface area contributed by atoms with Crippen molar-refractivity contribution in [2.75, 3.05) is 0 Å². The normalized spacial score (nSPS) is 14.1. The van der Waals surface area contributed by atoms with Gasteiger partial charge in [-0.1, -0.05) is 115 Å². The van der Waals surface area contributed by atoms with Crippen LogP contribution in [-0.4, -0.2) is 19.5 Å². The van der Waals surface area contributed by atoms with Gasteiger partial charge in [0, 0.05) is 53.3 Å². The van der Waals surface area contributed by atoms with Crippen molar-refractivity contribution in [1.82, 2.24) is 19.5 Å². The average molecular weight is 666 g/mol. The standard InChI is InChI=1S/C45H28N4S/c1-3-12-29(13-4-1)32-24-27-39-37(28-32)34-16-7-9-19-38(34)49(39)33-25-22-31(23-26-33)44-46-43(30-14-5-2-6-15-30)47-45(48-44)36-18-11-21-41-42(36)35-17-8-10-20-40(35)50-41/h1-28H/i1D,3D,4D,7D,9D,12D,13D,16D,19D. The molecule has 0 unspecified atom stereocenters. The fourth-order valence-corrected chi connectivity index (χ4v) is 7.73.